The number of benzene rings is 1. The van der Waals surface area contributed by atoms with E-state index < -0.39 is 0 Å². The van der Waals surface area contributed by atoms with E-state index in [2.05, 4.69) is 36.9 Å². The van der Waals surface area contributed by atoms with Crippen LogP contribution in [0.2, 0.25) is 0 Å². The maximum atomic E-state index is 5.39. The fraction of sp³-hybridized carbons (Fsp3) is 0.400. The minimum absolute atomic E-state index is 0.584. The highest BCUT2D eigenvalue weighted by Crippen LogP contribution is 2.38. The van der Waals surface area contributed by atoms with Gasteiger partial charge in [-0.3, -0.25) is 0 Å². The van der Waals surface area contributed by atoms with E-state index in [1.807, 2.05) is 18.3 Å². The Morgan fingerprint density at radius 1 is 0.963 bits per heavy atom. The van der Waals surface area contributed by atoms with E-state index in [9.17, 15) is 0 Å². The molecule has 2 aromatic heterocycles. The van der Waals surface area contributed by atoms with Gasteiger partial charge in [0.25, 0.3) is 0 Å². The first-order valence-electron chi connectivity index (χ1n) is 9.43. The fourth-order valence-electron chi connectivity index (χ4n) is 3.65. The summed E-state index contributed by atoms with van der Waals surface area (Å²) in [7, 11) is 1.64. The number of aromatic nitrogens is 4. The average molecular weight is 362 g/mol. The van der Waals surface area contributed by atoms with Crippen LogP contribution < -0.4 is 14.5 Å². The van der Waals surface area contributed by atoms with Gasteiger partial charge in [-0.15, -0.1) is 0 Å². The van der Waals surface area contributed by atoms with Gasteiger partial charge in [0.05, 0.1) is 18.0 Å². The van der Waals surface area contributed by atoms with Crippen LogP contribution in [0.4, 0.5) is 11.5 Å². The summed E-state index contributed by atoms with van der Waals surface area (Å²) in [4.78, 5) is 22.5. The summed E-state index contributed by atoms with van der Waals surface area (Å²) in [6, 6.07) is 8.31. The standard InChI is InChI=1S/C20H22N6O/c1-27-20-16-12-15(4-5-17(16)22-13-23-20)25-8-10-26(11-9-25)18-6-7-21-19(24-18)14-2-3-14/h4-7,12-14H,2-3,8-11H2,1H3. The van der Waals surface area contributed by atoms with Gasteiger partial charge in [0, 0.05) is 44.0 Å². The summed E-state index contributed by atoms with van der Waals surface area (Å²) >= 11 is 0. The summed E-state index contributed by atoms with van der Waals surface area (Å²) in [5.41, 5.74) is 2.08. The van der Waals surface area contributed by atoms with E-state index in [1.54, 1.807) is 7.11 Å². The first kappa shape index (κ1) is 16.2. The van der Waals surface area contributed by atoms with Crippen LogP contribution in [0.1, 0.15) is 24.6 Å². The predicted molar refractivity (Wildman–Crippen MR) is 105 cm³/mol. The molecule has 0 spiro atoms. The maximum Gasteiger partial charge on any atom is 0.224 e. The number of piperazine rings is 1. The number of anilines is 2. The van der Waals surface area contributed by atoms with E-state index in [-0.39, 0.29) is 0 Å². The topological polar surface area (TPSA) is 67.3 Å². The van der Waals surface area contributed by atoms with Crippen molar-refractivity contribution >= 4 is 22.4 Å². The van der Waals surface area contributed by atoms with E-state index >= 15 is 0 Å². The second-order valence-electron chi connectivity index (χ2n) is 7.11. The molecule has 1 aromatic carbocycles. The molecule has 27 heavy (non-hydrogen) atoms. The maximum absolute atomic E-state index is 5.39. The quantitative estimate of drug-likeness (QED) is 0.707. The minimum Gasteiger partial charge on any atom is -0.480 e. The lowest BCUT2D eigenvalue weighted by Crippen LogP contribution is -2.46. The Kier molecular flexibility index (Phi) is 3.99. The van der Waals surface area contributed by atoms with Crippen molar-refractivity contribution in [1.82, 2.24) is 19.9 Å². The molecule has 0 N–H and O–H groups in total. The highest BCUT2D eigenvalue weighted by molar-refractivity contribution is 5.86. The Labute approximate surface area is 158 Å². The second kappa shape index (κ2) is 6.64. The third kappa shape index (κ3) is 3.13. The van der Waals surface area contributed by atoms with E-state index in [4.69, 9.17) is 9.72 Å². The molecule has 7 nitrogen and oxygen atoms in total. The van der Waals surface area contributed by atoms with Crippen molar-refractivity contribution < 1.29 is 4.74 Å². The second-order valence-corrected chi connectivity index (χ2v) is 7.11. The third-order valence-electron chi connectivity index (χ3n) is 5.35. The van der Waals surface area contributed by atoms with Crippen molar-refractivity contribution in [2.24, 2.45) is 0 Å². The highest BCUT2D eigenvalue weighted by Gasteiger charge is 2.27. The molecule has 3 heterocycles. The molecule has 1 aliphatic carbocycles. The fourth-order valence-corrected chi connectivity index (χ4v) is 3.65. The number of hydrogen-bond acceptors (Lipinski definition) is 7. The molecule has 0 amide bonds. The Hall–Kier alpha value is -2.96. The van der Waals surface area contributed by atoms with Gasteiger partial charge < -0.3 is 14.5 Å². The zero-order chi connectivity index (χ0) is 18.2. The average Bonchev–Trinajstić information content (AvgIpc) is 3.59. The van der Waals surface area contributed by atoms with Crippen LogP contribution in [0.25, 0.3) is 10.9 Å². The first-order valence-corrected chi connectivity index (χ1v) is 9.43. The van der Waals surface area contributed by atoms with Crippen LogP contribution in [0.15, 0.2) is 36.8 Å². The van der Waals surface area contributed by atoms with Gasteiger partial charge in [-0.05, 0) is 37.1 Å². The zero-order valence-electron chi connectivity index (χ0n) is 15.4. The molecule has 2 aliphatic rings. The van der Waals surface area contributed by atoms with Crippen molar-refractivity contribution in [3.8, 4) is 5.88 Å². The predicted octanol–water partition coefficient (Wildman–Crippen LogP) is 2.63. The van der Waals surface area contributed by atoms with Crippen LogP contribution >= 0.6 is 0 Å². The third-order valence-corrected chi connectivity index (χ3v) is 5.35. The molecule has 3 aromatic rings. The zero-order valence-corrected chi connectivity index (χ0v) is 15.4. The Bertz CT molecular complexity index is 966. The van der Waals surface area contributed by atoms with Gasteiger partial charge >= 0.3 is 0 Å². The summed E-state index contributed by atoms with van der Waals surface area (Å²) in [5, 5.41) is 0.949. The lowest BCUT2D eigenvalue weighted by molar-refractivity contribution is 0.402. The molecule has 1 aliphatic heterocycles. The van der Waals surface area contributed by atoms with Gasteiger partial charge in [-0.25, -0.2) is 19.9 Å². The molecule has 0 atom stereocenters. The minimum atomic E-state index is 0.584. The lowest BCUT2D eigenvalue weighted by Gasteiger charge is -2.36. The van der Waals surface area contributed by atoms with Gasteiger partial charge in [0.2, 0.25) is 5.88 Å². The van der Waals surface area contributed by atoms with Gasteiger partial charge in [-0.1, -0.05) is 0 Å². The molecule has 1 saturated carbocycles. The van der Waals surface area contributed by atoms with E-state index in [1.165, 1.54) is 24.9 Å². The van der Waals surface area contributed by atoms with Crippen molar-refractivity contribution in [2.45, 2.75) is 18.8 Å². The van der Waals surface area contributed by atoms with Crippen molar-refractivity contribution in [3.05, 3.63) is 42.6 Å². The number of methoxy groups -OCH3 is 1. The van der Waals surface area contributed by atoms with E-state index in [0.717, 1.165) is 48.7 Å². The monoisotopic (exact) mass is 362 g/mol. The number of fused-ring (bicyclic) bond motifs is 1. The van der Waals surface area contributed by atoms with Crippen molar-refractivity contribution in [1.29, 1.82) is 0 Å². The van der Waals surface area contributed by atoms with Crippen LogP contribution in [0.5, 0.6) is 5.88 Å². The number of ether oxygens (including phenoxy) is 1. The molecule has 2 fully saturated rings. The largest absolute Gasteiger partial charge is 0.480 e. The molecule has 5 rings (SSSR count). The van der Waals surface area contributed by atoms with Gasteiger partial charge in [0.1, 0.15) is 18.0 Å². The van der Waals surface area contributed by atoms with E-state index in [0.29, 0.717) is 11.8 Å². The van der Waals surface area contributed by atoms with Crippen molar-refractivity contribution in [2.75, 3.05) is 43.1 Å². The molecular formula is C20H22N6O. The SMILES string of the molecule is COc1ncnc2ccc(N3CCN(c4ccnc(C5CC5)n4)CC3)cc12. The molecule has 7 heteroatoms. The number of hydrogen-bond donors (Lipinski definition) is 0. The number of rotatable bonds is 4. The highest BCUT2D eigenvalue weighted by atomic mass is 16.5. The number of nitrogens with zero attached hydrogens (tertiary/aromatic N) is 6. The van der Waals surface area contributed by atoms with Gasteiger partial charge in [-0.2, -0.15) is 0 Å². The molecule has 138 valence electrons. The van der Waals surface area contributed by atoms with Crippen LogP contribution in [0.3, 0.4) is 0 Å². The Morgan fingerprint density at radius 2 is 1.78 bits per heavy atom. The summed E-state index contributed by atoms with van der Waals surface area (Å²) in [6.07, 6.45) is 5.90. The van der Waals surface area contributed by atoms with Crippen LogP contribution in [-0.4, -0.2) is 53.2 Å². The summed E-state index contributed by atoms with van der Waals surface area (Å²) in [6.45, 7) is 3.79. The Morgan fingerprint density at radius 3 is 2.56 bits per heavy atom. The van der Waals surface area contributed by atoms with Gasteiger partial charge in [0.15, 0.2) is 0 Å². The first-order chi connectivity index (χ1) is 13.3. The van der Waals surface area contributed by atoms with Crippen LogP contribution in [-0.2, 0) is 0 Å². The smallest absolute Gasteiger partial charge is 0.224 e. The molecule has 0 unspecified atom stereocenters. The molecular weight excluding hydrogens is 340 g/mol. The lowest BCUT2D eigenvalue weighted by atomic mass is 10.2. The summed E-state index contributed by atoms with van der Waals surface area (Å²) in [5.74, 6) is 3.27. The molecule has 1 saturated heterocycles. The molecule has 0 bridgehead atoms. The normalized spacial score (nSPS) is 17.4. The Balaban J connectivity index is 1.33. The van der Waals surface area contributed by atoms with Crippen LogP contribution in [0, 0.1) is 0 Å². The molecule has 0 radical (unpaired) electrons. The summed E-state index contributed by atoms with van der Waals surface area (Å²) < 4.78 is 5.39. The van der Waals surface area contributed by atoms with Crippen molar-refractivity contribution in [3.63, 3.8) is 0 Å².